The lowest BCUT2D eigenvalue weighted by atomic mass is 10.0. The van der Waals surface area contributed by atoms with Gasteiger partial charge >= 0.3 is 0 Å². The van der Waals surface area contributed by atoms with E-state index >= 15 is 0 Å². The Morgan fingerprint density at radius 2 is 2.10 bits per heavy atom. The molecule has 2 aliphatic heterocycles. The molecule has 2 atom stereocenters. The summed E-state index contributed by atoms with van der Waals surface area (Å²) in [6.07, 6.45) is 3.95. The van der Waals surface area contributed by atoms with Gasteiger partial charge in [-0.2, -0.15) is 0 Å². The molecule has 154 valence electrons. The van der Waals surface area contributed by atoms with Gasteiger partial charge in [-0.25, -0.2) is 0 Å². The van der Waals surface area contributed by atoms with Gasteiger partial charge in [0.2, 0.25) is 0 Å². The molecule has 2 aromatic heterocycles. The molecule has 0 saturated carbocycles. The molecule has 1 aromatic carbocycles. The number of aromatic nitrogens is 4. The molecule has 2 unspecified atom stereocenters. The first kappa shape index (κ1) is 19.2. The predicted octanol–water partition coefficient (Wildman–Crippen LogP) is 3.06. The summed E-state index contributed by atoms with van der Waals surface area (Å²) in [7, 11) is 1.72. The molecule has 5 rings (SSSR count). The van der Waals surface area contributed by atoms with Crippen LogP contribution in [0.3, 0.4) is 0 Å². The number of ether oxygens (including phenoxy) is 1. The summed E-state index contributed by atoms with van der Waals surface area (Å²) in [5.74, 6) is 1.84. The Morgan fingerprint density at radius 3 is 2.90 bits per heavy atom. The van der Waals surface area contributed by atoms with Crippen molar-refractivity contribution in [3.63, 3.8) is 0 Å². The first-order chi connectivity index (χ1) is 14.6. The van der Waals surface area contributed by atoms with Crippen molar-refractivity contribution >= 4 is 17.5 Å². The van der Waals surface area contributed by atoms with Crippen molar-refractivity contribution in [2.24, 2.45) is 0 Å². The number of pyridine rings is 1. The van der Waals surface area contributed by atoms with Crippen LogP contribution >= 0.6 is 11.6 Å². The molecule has 3 aromatic rings. The van der Waals surface area contributed by atoms with E-state index in [0.29, 0.717) is 30.2 Å². The van der Waals surface area contributed by atoms with E-state index in [1.165, 1.54) is 0 Å². The van der Waals surface area contributed by atoms with Crippen molar-refractivity contribution < 1.29 is 9.53 Å². The molecule has 0 bridgehead atoms. The second-order valence-corrected chi connectivity index (χ2v) is 8.24. The number of amides is 1. The van der Waals surface area contributed by atoms with Gasteiger partial charge < -0.3 is 9.64 Å². The molecule has 1 saturated heterocycles. The predicted molar refractivity (Wildman–Crippen MR) is 112 cm³/mol. The zero-order valence-corrected chi connectivity index (χ0v) is 17.4. The highest BCUT2D eigenvalue weighted by molar-refractivity contribution is 6.30. The number of hydrogen-bond acceptors (Lipinski definition) is 5. The highest BCUT2D eigenvalue weighted by Crippen LogP contribution is 2.33. The van der Waals surface area contributed by atoms with Crippen molar-refractivity contribution in [2.75, 3.05) is 20.2 Å². The highest BCUT2D eigenvalue weighted by atomic mass is 35.5. The Morgan fingerprint density at radius 1 is 1.20 bits per heavy atom. The summed E-state index contributed by atoms with van der Waals surface area (Å²) in [6, 6.07) is 11.3. The van der Waals surface area contributed by atoms with E-state index in [1.807, 2.05) is 35.2 Å². The van der Waals surface area contributed by atoms with Crippen LogP contribution in [0.5, 0.6) is 0 Å². The van der Waals surface area contributed by atoms with Gasteiger partial charge in [-0.15, -0.1) is 10.2 Å². The Hall–Kier alpha value is -2.77. The van der Waals surface area contributed by atoms with Gasteiger partial charge in [-0.1, -0.05) is 17.7 Å². The number of hydrogen-bond donors (Lipinski definition) is 0. The lowest BCUT2D eigenvalue weighted by Gasteiger charge is -2.17. The third kappa shape index (κ3) is 3.38. The largest absolute Gasteiger partial charge is 0.381 e. The Balaban J connectivity index is 1.48. The second-order valence-electron chi connectivity index (χ2n) is 7.80. The number of methoxy groups -OCH3 is 1. The molecule has 0 N–H and O–H groups in total. The monoisotopic (exact) mass is 423 g/mol. The molecule has 0 spiro atoms. The van der Waals surface area contributed by atoms with Crippen molar-refractivity contribution in [1.82, 2.24) is 24.6 Å². The van der Waals surface area contributed by atoms with E-state index in [9.17, 15) is 4.79 Å². The molecule has 30 heavy (non-hydrogen) atoms. The Kier molecular flexibility index (Phi) is 5.00. The number of carbonyl (C=O) groups excluding carboxylic acids is 1. The van der Waals surface area contributed by atoms with Crippen molar-refractivity contribution in [2.45, 2.75) is 31.3 Å². The van der Waals surface area contributed by atoms with Gasteiger partial charge in [0.25, 0.3) is 5.91 Å². The summed E-state index contributed by atoms with van der Waals surface area (Å²) < 4.78 is 7.82. The maximum Gasteiger partial charge on any atom is 0.272 e. The van der Waals surface area contributed by atoms with Crippen LogP contribution in [0.2, 0.25) is 5.02 Å². The fourth-order valence-corrected chi connectivity index (χ4v) is 4.61. The quantitative estimate of drug-likeness (QED) is 0.647. The topological polar surface area (TPSA) is 73.1 Å². The lowest BCUT2D eigenvalue weighted by molar-refractivity contribution is 0.0784. The van der Waals surface area contributed by atoms with Crippen LogP contribution in [-0.4, -0.2) is 56.9 Å². The van der Waals surface area contributed by atoms with Crippen LogP contribution in [0.15, 0.2) is 42.6 Å². The maximum atomic E-state index is 12.8. The number of carbonyl (C=O) groups is 1. The van der Waals surface area contributed by atoms with Gasteiger partial charge in [0.05, 0.1) is 11.8 Å². The van der Waals surface area contributed by atoms with Gasteiger partial charge in [0.15, 0.2) is 0 Å². The standard InChI is InChI=1S/C22H22ClN5O2/c1-30-17-11-15-10-16(23)5-6-19(15)28-20(12-17)25-26-21(28)14-7-9-27(13-14)22(29)18-4-2-3-8-24-18/h2-6,8,10,14,17H,7,9,11-13H2,1H3. The molecule has 0 aliphatic carbocycles. The van der Waals surface area contributed by atoms with Gasteiger partial charge in [0, 0.05) is 50.2 Å². The molecule has 1 amide bonds. The average Bonchev–Trinajstić information content (AvgIpc) is 3.38. The average molecular weight is 424 g/mol. The number of halogens is 1. The Labute approximate surface area is 179 Å². The SMILES string of the molecule is COC1Cc2cc(Cl)ccc2-n2c(nnc2C2CCN(C(=O)c3ccccn3)C2)C1. The van der Waals surface area contributed by atoms with E-state index in [1.54, 1.807) is 19.4 Å². The minimum Gasteiger partial charge on any atom is -0.381 e. The molecule has 2 aliphatic rings. The van der Waals surface area contributed by atoms with Gasteiger partial charge in [0.1, 0.15) is 17.3 Å². The molecular formula is C22H22ClN5O2. The zero-order valence-electron chi connectivity index (χ0n) is 16.7. The van der Waals surface area contributed by atoms with Crippen LogP contribution < -0.4 is 0 Å². The van der Waals surface area contributed by atoms with Crippen LogP contribution in [-0.2, 0) is 17.6 Å². The van der Waals surface area contributed by atoms with Crippen LogP contribution in [0.4, 0.5) is 0 Å². The first-order valence-electron chi connectivity index (χ1n) is 10.1. The van der Waals surface area contributed by atoms with Gasteiger partial charge in [-0.3, -0.25) is 14.3 Å². The third-order valence-corrected chi connectivity index (χ3v) is 6.19. The van der Waals surface area contributed by atoms with E-state index < -0.39 is 0 Å². The molecule has 0 radical (unpaired) electrons. The van der Waals surface area contributed by atoms with E-state index in [2.05, 4.69) is 19.7 Å². The first-order valence-corrected chi connectivity index (χ1v) is 10.5. The van der Waals surface area contributed by atoms with Crippen molar-refractivity contribution in [3.05, 3.63) is 70.5 Å². The third-order valence-electron chi connectivity index (χ3n) is 5.95. The summed E-state index contributed by atoms with van der Waals surface area (Å²) >= 11 is 6.27. The molecule has 4 heterocycles. The number of benzene rings is 1. The van der Waals surface area contributed by atoms with Crippen LogP contribution in [0, 0.1) is 0 Å². The minimum atomic E-state index is -0.0414. The van der Waals surface area contributed by atoms with E-state index in [0.717, 1.165) is 35.7 Å². The molecule has 8 heteroatoms. The summed E-state index contributed by atoms with van der Waals surface area (Å²) in [5.41, 5.74) is 2.64. The van der Waals surface area contributed by atoms with E-state index in [-0.39, 0.29) is 17.9 Å². The summed E-state index contributed by atoms with van der Waals surface area (Å²) in [6.45, 7) is 1.28. The summed E-state index contributed by atoms with van der Waals surface area (Å²) in [4.78, 5) is 18.9. The van der Waals surface area contributed by atoms with Gasteiger partial charge in [-0.05, 0) is 42.3 Å². The highest BCUT2D eigenvalue weighted by Gasteiger charge is 2.34. The zero-order chi connectivity index (χ0) is 20.7. The fraction of sp³-hybridized carbons (Fsp3) is 0.364. The van der Waals surface area contributed by atoms with Crippen LogP contribution in [0.1, 0.15) is 40.0 Å². The molecule has 1 fully saturated rings. The van der Waals surface area contributed by atoms with Crippen molar-refractivity contribution in [3.8, 4) is 5.69 Å². The maximum absolute atomic E-state index is 12.8. The minimum absolute atomic E-state index is 0.0197. The lowest BCUT2D eigenvalue weighted by Crippen LogP contribution is -2.29. The summed E-state index contributed by atoms with van der Waals surface area (Å²) in [5, 5.41) is 9.75. The van der Waals surface area contributed by atoms with Crippen molar-refractivity contribution in [1.29, 1.82) is 0 Å². The number of nitrogens with zero attached hydrogens (tertiary/aromatic N) is 5. The smallest absolute Gasteiger partial charge is 0.272 e. The molecular weight excluding hydrogens is 402 g/mol. The fourth-order valence-electron chi connectivity index (χ4n) is 4.42. The number of likely N-dealkylation sites (tertiary alicyclic amines) is 1. The van der Waals surface area contributed by atoms with Crippen LogP contribution in [0.25, 0.3) is 5.69 Å². The number of fused-ring (bicyclic) bond motifs is 3. The number of rotatable bonds is 3. The Bertz CT molecular complexity index is 1080. The van der Waals surface area contributed by atoms with E-state index in [4.69, 9.17) is 16.3 Å². The molecule has 7 nitrogen and oxygen atoms in total. The normalized spacial score (nSPS) is 20.5. The second kappa shape index (κ2) is 7.81.